The van der Waals surface area contributed by atoms with Gasteiger partial charge in [0.15, 0.2) is 0 Å². The second kappa shape index (κ2) is 13.0. The van der Waals surface area contributed by atoms with Gasteiger partial charge in [0.25, 0.3) is 5.69 Å². The lowest BCUT2D eigenvalue weighted by molar-refractivity contribution is -0.384. The maximum absolute atomic E-state index is 12.3. The Hall–Kier alpha value is -3.73. The summed E-state index contributed by atoms with van der Waals surface area (Å²) in [6.45, 7) is 0.215. The average Bonchev–Trinajstić information content (AvgIpc) is 2.80. The number of esters is 1. The second-order valence-electron chi connectivity index (χ2n) is 6.89. The third-order valence-electron chi connectivity index (χ3n) is 4.50. The minimum absolute atomic E-state index is 0.0725. The minimum Gasteiger partial charge on any atom is -0.469 e. The first kappa shape index (κ1) is 25.5. The number of carbonyl (C=O) groups excluding carboxylic acids is 3. The van der Waals surface area contributed by atoms with Gasteiger partial charge in [-0.1, -0.05) is 23.7 Å². The van der Waals surface area contributed by atoms with E-state index in [4.69, 9.17) is 11.6 Å². The van der Waals surface area contributed by atoms with Crippen molar-refractivity contribution in [2.24, 2.45) is 0 Å². The van der Waals surface area contributed by atoms with Crippen LogP contribution in [0.4, 0.5) is 11.5 Å². The number of hydrogen-bond donors (Lipinski definition) is 3. The molecule has 1 unspecified atom stereocenters. The number of ether oxygens (including phenoxy) is 1. The molecule has 3 N–H and O–H groups in total. The van der Waals surface area contributed by atoms with Crippen LogP contribution in [0.15, 0.2) is 42.6 Å². The molecule has 0 spiro atoms. The number of halogens is 1. The highest BCUT2D eigenvalue weighted by Gasteiger charge is 2.23. The van der Waals surface area contributed by atoms with Gasteiger partial charge in [0, 0.05) is 25.2 Å². The first-order valence-corrected chi connectivity index (χ1v) is 10.4. The van der Waals surface area contributed by atoms with Crippen molar-refractivity contribution >= 4 is 40.9 Å². The number of nitro groups is 1. The summed E-state index contributed by atoms with van der Waals surface area (Å²) < 4.78 is 4.64. The maximum atomic E-state index is 12.3. The number of amides is 2. The van der Waals surface area contributed by atoms with Crippen molar-refractivity contribution in [2.45, 2.75) is 25.3 Å². The quantitative estimate of drug-likeness (QED) is 0.182. The molecule has 0 aliphatic rings. The van der Waals surface area contributed by atoms with E-state index in [-0.39, 0.29) is 36.0 Å². The highest BCUT2D eigenvalue weighted by molar-refractivity contribution is 6.32. The van der Waals surface area contributed by atoms with E-state index in [1.54, 1.807) is 12.3 Å². The molecule has 2 amide bonds. The van der Waals surface area contributed by atoms with E-state index >= 15 is 0 Å². The monoisotopic (exact) mass is 477 g/mol. The molecule has 1 aromatic heterocycles. The van der Waals surface area contributed by atoms with E-state index in [1.807, 2.05) is 12.1 Å². The Morgan fingerprint density at radius 1 is 1.21 bits per heavy atom. The molecule has 2 aromatic rings. The van der Waals surface area contributed by atoms with Crippen molar-refractivity contribution < 1.29 is 24.0 Å². The lowest BCUT2D eigenvalue weighted by Crippen LogP contribution is -2.39. The summed E-state index contributed by atoms with van der Waals surface area (Å²) in [6, 6.07) is 8.51. The van der Waals surface area contributed by atoms with Gasteiger partial charge in [-0.25, -0.2) is 4.98 Å². The van der Waals surface area contributed by atoms with Crippen LogP contribution in [0.3, 0.4) is 0 Å². The number of nitrogens with one attached hydrogen (secondary N) is 3. The molecule has 2 rings (SSSR count). The maximum Gasteiger partial charge on any atom is 0.307 e. The van der Waals surface area contributed by atoms with Crippen LogP contribution in [0.5, 0.6) is 0 Å². The van der Waals surface area contributed by atoms with Gasteiger partial charge in [-0.15, -0.1) is 0 Å². The van der Waals surface area contributed by atoms with Gasteiger partial charge in [-0.05, 0) is 30.2 Å². The van der Waals surface area contributed by atoms with Crippen LogP contribution in [0.25, 0.3) is 0 Å². The van der Waals surface area contributed by atoms with E-state index in [0.717, 1.165) is 0 Å². The summed E-state index contributed by atoms with van der Waals surface area (Å²) in [4.78, 5) is 50.7. The van der Waals surface area contributed by atoms with Crippen LogP contribution >= 0.6 is 11.6 Å². The van der Waals surface area contributed by atoms with E-state index in [0.29, 0.717) is 24.3 Å². The Balaban J connectivity index is 1.87. The molecule has 0 saturated carbocycles. The van der Waals surface area contributed by atoms with Gasteiger partial charge in [0.05, 0.1) is 31.0 Å². The first-order chi connectivity index (χ1) is 15.8. The van der Waals surface area contributed by atoms with Crippen LogP contribution in [0, 0.1) is 10.1 Å². The van der Waals surface area contributed by atoms with Crippen molar-refractivity contribution in [2.75, 3.05) is 25.5 Å². The molecular formula is C21H24ClN5O6. The Labute approximate surface area is 195 Å². The number of nitrogens with zero attached hydrogens (tertiary/aromatic N) is 2. The van der Waals surface area contributed by atoms with E-state index in [2.05, 4.69) is 25.7 Å². The molecule has 11 nitrogen and oxygen atoms in total. The summed E-state index contributed by atoms with van der Waals surface area (Å²) >= 11 is 5.83. The van der Waals surface area contributed by atoms with Gasteiger partial charge < -0.3 is 20.7 Å². The summed E-state index contributed by atoms with van der Waals surface area (Å²) in [5, 5.41) is 19.2. The standard InChI is InChI=1S/C21H24ClN5O6/c1-33-21(30)12-16(14-7-8-15(22)17(11-14)27(31)32)26-20(29)13-25-19(28)6-4-10-24-18-5-2-3-9-23-18/h2-3,5,7-9,11,16H,4,6,10,12-13H2,1H3,(H,23,24)(H,25,28)(H,26,29). The Kier molecular flexibility index (Phi) is 10.0. The number of aromatic nitrogens is 1. The van der Waals surface area contributed by atoms with E-state index in [1.165, 1.54) is 25.3 Å². The number of carbonyl (C=O) groups is 3. The number of hydrogen-bond acceptors (Lipinski definition) is 8. The van der Waals surface area contributed by atoms with Crippen LogP contribution < -0.4 is 16.0 Å². The Morgan fingerprint density at radius 3 is 2.67 bits per heavy atom. The smallest absolute Gasteiger partial charge is 0.307 e. The van der Waals surface area contributed by atoms with Gasteiger partial charge in [-0.3, -0.25) is 24.5 Å². The third kappa shape index (κ3) is 8.73. The van der Waals surface area contributed by atoms with E-state index < -0.39 is 22.8 Å². The van der Waals surface area contributed by atoms with Crippen molar-refractivity contribution in [3.8, 4) is 0 Å². The lowest BCUT2D eigenvalue weighted by Gasteiger charge is -2.18. The number of pyridine rings is 1. The van der Waals surface area contributed by atoms with Gasteiger partial charge in [0.1, 0.15) is 10.8 Å². The number of methoxy groups -OCH3 is 1. The van der Waals surface area contributed by atoms with Gasteiger partial charge in [0.2, 0.25) is 11.8 Å². The number of nitro benzene ring substituents is 1. The minimum atomic E-state index is -0.902. The fourth-order valence-corrected chi connectivity index (χ4v) is 3.02. The highest BCUT2D eigenvalue weighted by atomic mass is 35.5. The molecule has 0 radical (unpaired) electrons. The second-order valence-corrected chi connectivity index (χ2v) is 7.30. The molecule has 1 heterocycles. The SMILES string of the molecule is COC(=O)CC(NC(=O)CNC(=O)CCCNc1ccccn1)c1ccc(Cl)c([N+](=O)[O-])c1. The van der Waals surface area contributed by atoms with Crippen molar-refractivity contribution in [1.29, 1.82) is 0 Å². The van der Waals surface area contributed by atoms with Crippen molar-refractivity contribution in [1.82, 2.24) is 15.6 Å². The predicted molar refractivity (Wildman–Crippen MR) is 121 cm³/mol. The summed E-state index contributed by atoms with van der Waals surface area (Å²) in [5.41, 5.74) is -0.0531. The third-order valence-corrected chi connectivity index (χ3v) is 4.82. The highest BCUT2D eigenvalue weighted by Crippen LogP contribution is 2.29. The first-order valence-electron chi connectivity index (χ1n) is 10.0. The Bertz CT molecular complexity index is 988. The number of anilines is 1. The van der Waals surface area contributed by atoms with Gasteiger partial charge >= 0.3 is 5.97 Å². The van der Waals surface area contributed by atoms with Crippen LogP contribution in [-0.4, -0.2) is 47.9 Å². The zero-order valence-corrected chi connectivity index (χ0v) is 18.6. The summed E-state index contributed by atoms with van der Waals surface area (Å²) in [6.07, 6.45) is 2.13. The zero-order valence-electron chi connectivity index (χ0n) is 17.9. The fraction of sp³-hybridized carbons (Fsp3) is 0.333. The van der Waals surface area contributed by atoms with Crippen molar-refractivity contribution in [3.63, 3.8) is 0 Å². The summed E-state index contributed by atoms with van der Waals surface area (Å²) in [7, 11) is 1.19. The van der Waals surface area contributed by atoms with Crippen LogP contribution in [-0.2, 0) is 19.1 Å². The molecule has 176 valence electrons. The van der Waals surface area contributed by atoms with Crippen LogP contribution in [0.2, 0.25) is 5.02 Å². The molecule has 0 saturated heterocycles. The Morgan fingerprint density at radius 2 is 2.00 bits per heavy atom. The number of rotatable bonds is 12. The lowest BCUT2D eigenvalue weighted by atomic mass is 10.0. The topological polar surface area (TPSA) is 153 Å². The molecule has 1 atom stereocenters. The molecule has 0 aliphatic heterocycles. The van der Waals surface area contributed by atoms with Crippen molar-refractivity contribution in [3.05, 3.63) is 63.3 Å². The molecule has 1 aromatic carbocycles. The molecule has 12 heteroatoms. The summed E-state index contributed by atoms with van der Waals surface area (Å²) in [5.74, 6) is -0.806. The molecule has 0 aliphatic carbocycles. The number of benzene rings is 1. The molecular weight excluding hydrogens is 454 g/mol. The largest absolute Gasteiger partial charge is 0.469 e. The predicted octanol–water partition coefficient (Wildman–Crippen LogP) is 2.37. The van der Waals surface area contributed by atoms with E-state index in [9.17, 15) is 24.5 Å². The zero-order chi connectivity index (χ0) is 24.2. The van der Waals surface area contributed by atoms with Gasteiger partial charge in [-0.2, -0.15) is 0 Å². The fourth-order valence-electron chi connectivity index (χ4n) is 2.83. The molecule has 0 bridgehead atoms. The normalized spacial score (nSPS) is 11.2. The van der Waals surface area contributed by atoms with Crippen LogP contribution in [0.1, 0.15) is 30.9 Å². The molecule has 0 fully saturated rings. The average molecular weight is 478 g/mol. The molecule has 33 heavy (non-hydrogen) atoms.